The monoisotopic (exact) mass is 522 g/mol. The summed E-state index contributed by atoms with van der Waals surface area (Å²) >= 11 is 0. The van der Waals surface area contributed by atoms with E-state index in [1.54, 1.807) is 0 Å². The van der Waals surface area contributed by atoms with Gasteiger partial charge in [0.25, 0.3) is 0 Å². The van der Waals surface area contributed by atoms with Crippen molar-refractivity contribution in [3.05, 3.63) is 83.7 Å². The van der Waals surface area contributed by atoms with E-state index in [0.29, 0.717) is 0 Å². The fourth-order valence-corrected chi connectivity index (χ4v) is 3.09. The number of carboxylic acids is 1. The summed E-state index contributed by atoms with van der Waals surface area (Å²) in [5.74, 6) is -3.99. The number of aromatic nitrogens is 2. The number of hydrogen-bond donors (Lipinski definition) is 4. The molecule has 14 heteroatoms. The molecule has 0 saturated carbocycles. The van der Waals surface area contributed by atoms with Crippen LogP contribution in [0.25, 0.3) is 11.4 Å². The summed E-state index contributed by atoms with van der Waals surface area (Å²) in [5.41, 5.74) is -0.348. The number of aromatic hydroxyl groups is 2. The van der Waals surface area contributed by atoms with Crippen LogP contribution >= 0.6 is 0 Å². The highest BCUT2D eigenvalue weighted by Crippen LogP contribution is 2.29. The van der Waals surface area contributed by atoms with Crippen LogP contribution in [0.15, 0.2) is 81.1 Å². The van der Waals surface area contributed by atoms with Crippen molar-refractivity contribution in [2.24, 2.45) is 20.5 Å². The van der Waals surface area contributed by atoms with Crippen molar-refractivity contribution in [1.82, 2.24) is 9.97 Å². The summed E-state index contributed by atoms with van der Waals surface area (Å²) < 4.78 is 29.1. The predicted molar refractivity (Wildman–Crippen MR) is 126 cm³/mol. The Kier molecular flexibility index (Phi) is 7.65. The van der Waals surface area contributed by atoms with Gasteiger partial charge in [0.15, 0.2) is 0 Å². The van der Waals surface area contributed by atoms with E-state index in [9.17, 15) is 23.8 Å². The minimum absolute atomic E-state index is 0.000451. The molecule has 2 aromatic carbocycles. The van der Waals surface area contributed by atoms with Crippen LogP contribution in [0.1, 0.15) is 15.9 Å². The smallest absolute Gasteiger partial charge is 0.339 e. The van der Waals surface area contributed by atoms with Crippen LogP contribution in [0.4, 0.5) is 31.5 Å². The molecule has 0 bridgehead atoms. The number of rotatable bonds is 8. The molecule has 0 spiro atoms. The number of pyridine rings is 2. The molecule has 192 valence electrons. The van der Waals surface area contributed by atoms with E-state index in [-0.39, 0.29) is 52.1 Å². The van der Waals surface area contributed by atoms with Gasteiger partial charge in [-0.15, -0.1) is 10.2 Å². The van der Waals surface area contributed by atoms with Gasteiger partial charge in [0.05, 0.1) is 22.8 Å². The summed E-state index contributed by atoms with van der Waals surface area (Å²) in [6.45, 7) is -0.286. The molecule has 4 N–H and O–H groups in total. The number of phenolic OH excluding ortho intramolecular Hbond substituents is 1. The molecule has 12 nitrogen and oxygen atoms in total. The summed E-state index contributed by atoms with van der Waals surface area (Å²) in [6, 6.07) is 12.8. The number of halogens is 2. The second-order valence-corrected chi connectivity index (χ2v) is 7.51. The van der Waals surface area contributed by atoms with E-state index >= 15 is 0 Å². The molecule has 0 saturated heterocycles. The van der Waals surface area contributed by atoms with Crippen LogP contribution in [0.2, 0.25) is 0 Å². The average molecular weight is 522 g/mol. The van der Waals surface area contributed by atoms with Crippen LogP contribution in [0.5, 0.6) is 11.5 Å². The highest BCUT2D eigenvalue weighted by Gasteiger charge is 2.13. The highest BCUT2D eigenvalue weighted by atomic mass is 19.1. The third-order valence-corrected chi connectivity index (χ3v) is 4.96. The lowest BCUT2D eigenvalue weighted by Gasteiger charge is -2.04. The first-order chi connectivity index (χ1) is 18.2. The van der Waals surface area contributed by atoms with Gasteiger partial charge in [0.2, 0.25) is 11.9 Å². The molecular weight excluding hydrogens is 506 g/mol. The minimum atomic E-state index is -1.37. The average Bonchev–Trinajstić information content (AvgIpc) is 2.89. The van der Waals surface area contributed by atoms with Gasteiger partial charge in [-0.25, -0.2) is 19.7 Å². The molecule has 4 aromatic rings. The number of benzene rings is 2. The SMILES string of the molecule is O=C(O)c1cc(N=Nc2ccc(-c3ccc(N=Nc4ccc(O)c(COO)c4)c(F)n3)nc2F)ccc1O. The second kappa shape index (κ2) is 11.2. The molecule has 0 unspecified atom stereocenters. The van der Waals surface area contributed by atoms with E-state index < -0.39 is 29.2 Å². The molecular formula is C24H16F2N6O6. The van der Waals surface area contributed by atoms with E-state index in [1.807, 2.05) is 0 Å². The lowest BCUT2D eigenvalue weighted by molar-refractivity contribution is -0.253. The van der Waals surface area contributed by atoms with Crippen LogP contribution in [-0.4, -0.2) is 36.5 Å². The maximum Gasteiger partial charge on any atom is 0.339 e. The van der Waals surface area contributed by atoms with Crippen molar-refractivity contribution in [3.63, 3.8) is 0 Å². The number of carboxylic acid groups (broad SMARTS) is 1. The number of hydrogen-bond acceptors (Lipinski definition) is 11. The van der Waals surface area contributed by atoms with Crippen molar-refractivity contribution in [2.75, 3.05) is 0 Å². The summed E-state index contributed by atoms with van der Waals surface area (Å²) in [7, 11) is 0. The molecule has 0 fully saturated rings. The molecule has 2 heterocycles. The molecule has 0 radical (unpaired) electrons. The lowest BCUT2D eigenvalue weighted by atomic mass is 10.2. The number of aromatic carboxylic acids is 1. The fraction of sp³-hybridized carbons (Fsp3) is 0.0417. The van der Waals surface area contributed by atoms with E-state index in [0.717, 1.165) is 12.1 Å². The molecule has 0 amide bonds. The fourth-order valence-electron chi connectivity index (χ4n) is 3.09. The van der Waals surface area contributed by atoms with Crippen molar-refractivity contribution in [1.29, 1.82) is 0 Å². The Hall–Kier alpha value is -5.21. The van der Waals surface area contributed by atoms with Crippen LogP contribution in [-0.2, 0) is 11.5 Å². The summed E-state index contributed by atoms with van der Waals surface area (Å²) in [5, 5.41) is 51.9. The third kappa shape index (κ3) is 5.95. The van der Waals surface area contributed by atoms with Crippen molar-refractivity contribution in [3.8, 4) is 22.9 Å². The van der Waals surface area contributed by atoms with Gasteiger partial charge >= 0.3 is 5.97 Å². The largest absolute Gasteiger partial charge is 0.508 e. The molecule has 0 aliphatic carbocycles. The molecule has 4 rings (SSSR count). The Balaban J connectivity index is 1.51. The molecule has 2 aromatic heterocycles. The van der Waals surface area contributed by atoms with Crippen LogP contribution in [0, 0.1) is 11.9 Å². The molecule has 38 heavy (non-hydrogen) atoms. The zero-order chi connectivity index (χ0) is 27.2. The van der Waals surface area contributed by atoms with Crippen LogP contribution in [0.3, 0.4) is 0 Å². The van der Waals surface area contributed by atoms with E-state index in [1.165, 1.54) is 48.5 Å². The first-order valence-corrected chi connectivity index (χ1v) is 10.6. The third-order valence-electron chi connectivity index (χ3n) is 4.96. The zero-order valence-electron chi connectivity index (χ0n) is 19.0. The maximum atomic E-state index is 14.5. The number of phenols is 2. The second-order valence-electron chi connectivity index (χ2n) is 7.51. The van der Waals surface area contributed by atoms with Gasteiger partial charge in [-0.3, -0.25) is 5.26 Å². The van der Waals surface area contributed by atoms with E-state index in [4.69, 9.17) is 10.4 Å². The van der Waals surface area contributed by atoms with Crippen molar-refractivity contribution < 1.29 is 39.0 Å². The summed E-state index contributed by atoms with van der Waals surface area (Å²) in [4.78, 5) is 22.6. The van der Waals surface area contributed by atoms with Gasteiger partial charge in [-0.1, -0.05) is 0 Å². The Morgan fingerprint density at radius 2 is 1.29 bits per heavy atom. The number of nitrogens with zero attached hydrogens (tertiary/aromatic N) is 6. The van der Waals surface area contributed by atoms with Gasteiger partial charge < -0.3 is 15.3 Å². The maximum absolute atomic E-state index is 14.5. The first kappa shape index (κ1) is 25.9. The first-order valence-electron chi connectivity index (χ1n) is 10.6. The Morgan fingerprint density at radius 3 is 1.79 bits per heavy atom. The van der Waals surface area contributed by atoms with E-state index in [2.05, 4.69) is 35.3 Å². The Bertz CT molecular complexity index is 1580. The number of carbonyl (C=O) groups is 1. The minimum Gasteiger partial charge on any atom is -0.508 e. The summed E-state index contributed by atoms with van der Waals surface area (Å²) in [6.07, 6.45) is 0. The van der Waals surface area contributed by atoms with Gasteiger partial charge in [0, 0.05) is 5.56 Å². The van der Waals surface area contributed by atoms with Crippen LogP contribution < -0.4 is 0 Å². The lowest BCUT2D eigenvalue weighted by Crippen LogP contribution is -1.95. The normalized spacial score (nSPS) is 11.4. The highest BCUT2D eigenvalue weighted by molar-refractivity contribution is 5.91. The van der Waals surface area contributed by atoms with Crippen molar-refractivity contribution >= 4 is 28.7 Å². The quantitative estimate of drug-likeness (QED) is 0.0892. The Morgan fingerprint density at radius 1 is 0.763 bits per heavy atom. The Labute approximate surface area is 211 Å². The van der Waals surface area contributed by atoms with Gasteiger partial charge in [0.1, 0.15) is 35.0 Å². The van der Waals surface area contributed by atoms with Crippen molar-refractivity contribution in [2.45, 2.75) is 6.61 Å². The van der Waals surface area contributed by atoms with Gasteiger partial charge in [-0.05, 0) is 60.7 Å². The standard InChI is InChI=1S/C24H16F2N6O6/c25-22-18(31-29-13-1-7-20(33)12(9-13)11-38-37)5-3-16(27-22)17-4-6-19(23(26)28-17)32-30-14-2-8-21(34)15(10-14)24(35)36/h1-10,33-34,37H,11H2,(H,35,36). The zero-order valence-corrected chi connectivity index (χ0v) is 19.0. The molecule has 0 aliphatic heterocycles. The topological polar surface area (TPSA) is 182 Å². The molecule has 0 atom stereocenters. The number of azo groups is 2. The predicted octanol–water partition coefficient (Wildman–Crippen LogP) is 6.35. The molecule has 0 aliphatic rings. The van der Waals surface area contributed by atoms with Gasteiger partial charge in [-0.2, -0.15) is 19.0 Å².